The van der Waals surface area contributed by atoms with E-state index in [9.17, 15) is 9.59 Å². The number of imide groups is 1. The van der Waals surface area contributed by atoms with Gasteiger partial charge in [-0.1, -0.05) is 0 Å². The highest BCUT2D eigenvalue weighted by Gasteiger charge is 2.25. The van der Waals surface area contributed by atoms with E-state index in [1.54, 1.807) is 7.11 Å². The van der Waals surface area contributed by atoms with Gasteiger partial charge < -0.3 is 10.1 Å². The average molecular weight is 255 g/mol. The second-order valence-corrected chi connectivity index (χ2v) is 5.01. The minimum absolute atomic E-state index is 0.232. The van der Waals surface area contributed by atoms with Gasteiger partial charge in [0.2, 0.25) is 5.91 Å². The van der Waals surface area contributed by atoms with Gasteiger partial charge in [0.25, 0.3) is 0 Å². The molecule has 102 valence electrons. The van der Waals surface area contributed by atoms with Gasteiger partial charge in [0, 0.05) is 26.2 Å². The molecule has 0 atom stereocenters. The molecule has 1 saturated carbocycles. The molecular weight excluding hydrogens is 234 g/mol. The van der Waals surface area contributed by atoms with Gasteiger partial charge in [-0.15, -0.1) is 0 Å². The summed E-state index contributed by atoms with van der Waals surface area (Å²) in [5.74, 6) is -0.232. The standard InChI is InChI=1S/C12H21N3O3/c1-18-10-4-6-15(7-5-10)8-11(16)14-12(17)13-9-2-3-9/h9-10H,2-8H2,1H3,(H2,13,14,16,17). The molecule has 6 heteroatoms. The normalized spacial score (nSPS) is 21.6. The molecule has 0 aromatic heterocycles. The van der Waals surface area contributed by atoms with Crippen molar-refractivity contribution in [3.63, 3.8) is 0 Å². The molecule has 1 saturated heterocycles. The van der Waals surface area contributed by atoms with Crippen LogP contribution in [0.15, 0.2) is 0 Å². The first-order chi connectivity index (χ1) is 8.67. The molecule has 6 nitrogen and oxygen atoms in total. The van der Waals surface area contributed by atoms with Gasteiger partial charge in [0.15, 0.2) is 0 Å². The van der Waals surface area contributed by atoms with Crippen molar-refractivity contribution in [2.24, 2.45) is 0 Å². The molecule has 1 heterocycles. The zero-order valence-electron chi connectivity index (χ0n) is 10.8. The number of likely N-dealkylation sites (tertiary alicyclic amines) is 1. The Morgan fingerprint density at radius 3 is 2.44 bits per heavy atom. The first kappa shape index (κ1) is 13.3. The zero-order valence-corrected chi connectivity index (χ0v) is 10.8. The Bertz CT molecular complexity index is 310. The lowest BCUT2D eigenvalue weighted by molar-refractivity contribution is -0.121. The number of nitrogens with one attached hydrogen (secondary N) is 2. The summed E-state index contributed by atoms with van der Waals surface area (Å²) in [5, 5.41) is 5.09. The van der Waals surface area contributed by atoms with Crippen LogP contribution in [0.4, 0.5) is 4.79 Å². The molecule has 0 bridgehead atoms. The zero-order chi connectivity index (χ0) is 13.0. The van der Waals surface area contributed by atoms with Crippen molar-refractivity contribution in [1.29, 1.82) is 0 Å². The Morgan fingerprint density at radius 2 is 1.89 bits per heavy atom. The number of methoxy groups -OCH3 is 1. The lowest BCUT2D eigenvalue weighted by Crippen LogP contribution is -2.47. The maximum absolute atomic E-state index is 11.6. The van der Waals surface area contributed by atoms with Crippen LogP contribution in [0.25, 0.3) is 0 Å². The summed E-state index contributed by atoms with van der Waals surface area (Å²) in [6, 6.07) is -0.0930. The summed E-state index contributed by atoms with van der Waals surface area (Å²) < 4.78 is 5.27. The van der Waals surface area contributed by atoms with E-state index in [1.165, 1.54) is 0 Å². The van der Waals surface area contributed by atoms with Crippen LogP contribution < -0.4 is 10.6 Å². The largest absolute Gasteiger partial charge is 0.381 e. The Kier molecular flexibility index (Phi) is 4.54. The van der Waals surface area contributed by atoms with Crippen molar-refractivity contribution in [2.45, 2.75) is 37.8 Å². The monoisotopic (exact) mass is 255 g/mol. The summed E-state index contributed by atoms with van der Waals surface area (Å²) in [5.41, 5.74) is 0. The van der Waals surface area contributed by atoms with Crippen molar-refractivity contribution >= 4 is 11.9 Å². The smallest absolute Gasteiger partial charge is 0.321 e. The predicted molar refractivity (Wildman–Crippen MR) is 66.2 cm³/mol. The first-order valence-corrected chi connectivity index (χ1v) is 6.53. The van der Waals surface area contributed by atoms with Gasteiger partial charge in [-0.3, -0.25) is 15.0 Å². The van der Waals surface area contributed by atoms with E-state index in [0.717, 1.165) is 38.8 Å². The van der Waals surface area contributed by atoms with Gasteiger partial charge in [0.1, 0.15) is 0 Å². The number of urea groups is 1. The van der Waals surface area contributed by atoms with Crippen LogP contribution in [0.5, 0.6) is 0 Å². The number of carbonyl (C=O) groups is 2. The Balaban J connectivity index is 1.63. The van der Waals surface area contributed by atoms with Crippen LogP contribution in [0.2, 0.25) is 0 Å². The minimum atomic E-state index is -0.366. The molecule has 2 aliphatic rings. The lowest BCUT2D eigenvalue weighted by Gasteiger charge is -2.30. The van der Waals surface area contributed by atoms with E-state index in [0.29, 0.717) is 6.10 Å². The highest BCUT2D eigenvalue weighted by Crippen LogP contribution is 2.18. The molecule has 3 amide bonds. The van der Waals surface area contributed by atoms with Gasteiger partial charge in [-0.2, -0.15) is 0 Å². The molecule has 1 aliphatic heterocycles. The maximum atomic E-state index is 11.6. The van der Waals surface area contributed by atoms with Crippen LogP contribution >= 0.6 is 0 Å². The second kappa shape index (κ2) is 6.15. The van der Waals surface area contributed by atoms with Crippen LogP contribution in [-0.4, -0.2) is 55.7 Å². The third-order valence-corrected chi connectivity index (χ3v) is 3.40. The number of hydrogen-bond donors (Lipinski definition) is 2. The number of amides is 3. The summed E-state index contributed by atoms with van der Waals surface area (Å²) >= 11 is 0. The molecule has 0 aromatic rings. The third kappa shape index (κ3) is 4.27. The van der Waals surface area contributed by atoms with Crippen molar-refractivity contribution < 1.29 is 14.3 Å². The minimum Gasteiger partial charge on any atom is -0.381 e. The van der Waals surface area contributed by atoms with Crippen molar-refractivity contribution in [3.05, 3.63) is 0 Å². The first-order valence-electron chi connectivity index (χ1n) is 6.53. The molecule has 0 spiro atoms. The van der Waals surface area contributed by atoms with E-state index in [2.05, 4.69) is 15.5 Å². The fraction of sp³-hybridized carbons (Fsp3) is 0.833. The fourth-order valence-corrected chi connectivity index (χ4v) is 2.12. The summed E-state index contributed by atoms with van der Waals surface area (Å²) in [6.07, 6.45) is 4.23. The summed E-state index contributed by atoms with van der Waals surface area (Å²) in [7, 11) is 1.72. The molecule has 1 aliphatic carbocycles. The van der Waals surface area contributed by atoms with E-state index in [4.69, 9.17) is 4.74 Å². The number of rotatable bonds is 4. The third-order valence-electron chi connectivity index (χ3n) is 3.40. The molecular formula is C12H21N3O3. The number of nitrogens with zero attached hydrogens (tertiary/aromatic N) is 1. The fourth-order valence-electron chi connectivity index (χ4n) is 2.12. The van der Waals surface area contributed by atoms with E-state index in [1.807, 2.05) is 0 Å². The van der Waals surface area contributed by atoms with Crippen molar-refractivity contribution in [2.75, 3.05) is 26.7 Å². The van der Waals surface area contributed by atoms with Crippen LogP contribution in [0, 0.1) is 0 Å². The summed E-state index contributed by atoms with van der Waals surface area (Å²) in [4.78, 5) is 25.0. The molecule has 2 fully saturated rings. The molecule has 0 aromatic carbocycles. The Morgan fingerprint density at radius 1 is 1.22 bits per heavy atom. The highest BCUT2D eigenvalue weighted by molar-refractivity contribution is 5.95. The molecule has 2 N–H and O–H groups in total. The number of hydrogen-bond acceptors (Lipinski definition) is 4. The van der Waals surface area contributed by atoms with E-state index < -0.39 is 0 Å². The van der Waals surface area contributed by atoms with Crippen LogP contribution in [0.1, 0.15) is 25.7 Å². The second-order valence-electron chi connectivity index (χ2n) is 5.01. The highest BCUT2D eigenvalue weighted by atomic mass is 16.5. The van der Waals surface area contributed by atoms with Gasteiger partial charge in [-0.05, 0) is 25.7 Å². The number of ether oxygens (including phenoxy) is 1. The SMILES string of the molecule is COC1CCN(CC(=O)NC(=O)NC2CC2)CC1. The molecule has 0 radical (unpaired) electrons. The number of piperidine rings is 1. The Hall–Kier alpha value is -1.14. The molecule has 18 heavy (non-hydrogen) atoms. The van der Waals surface area contributed by atoms with Gasteiger partial charge in [0.05, 0.1) is 12.6 Å². The van der Waals surface area contributed by atoms with Crippen molar-refractivity contribution in [1.82, 2.24) is 15.5 Å². The Labute approximate surface area is 107 Å². The maximum Gasteiger partial charge on any atom is 0.321 e. The van der Waals surface area contributed by atoms with Crippen LogP contribution in [-0.2, 0) is 9.53 Å². The van der Waals surface area contributed by atoms with Crippen LogP contribution in [0.3, 0.4) is 0 Å². The predicted octanol–water partition coefficient (Wildman–Crippen LogP) is 0.0854. The molecule has 0 unspecified atom stereocenters. The van der Waals surface area contributed by atoms with Gasteiger partial charge in [-0.25, -0.2) is 4.79 Å². The van der Waals surface area contributed by atoms with Crippen molar-refractivity contribution in [3.8, 4) is 0 Å². The lowest BCUT2D eigenvalue weighted by atomic mass is 10.1. The summed E-state index contributed by atoms with van der Waals surface area (Å²) in [6.45, 7) is 1.97. The van der Waals surface area contributed by atoms with E-state index >= 15 is 0 Å². The average Bonchev–Trinajstić information content (AvgIpc) is 3.13. The number of carbonyl (C=O) groups excluding carboxylic acids is 2. The molecule has 2 rings (SSSR count). The van der Waals surface area contributed by atoms with E-state index in [-0.39, 0.29) is 24.5 Å². The quantitative estimate of drug-likeness (QED) is 0.746. The van der Waals surface area contributed by atoms with Gasteiger partial charge >= 0.3 is 6.03 Å². The topological polar surface area (TPSA) is 70.7 Å².